The molecule has 0 radical (unpaired) electrons. The summed E-state index contributed by atoms with van der Waals surface area (Å²) in [5.74, 6) is -2.21. The van der Waals surface area contributed by atoms with Crippen LogP contribution in [0, 0.1) is 11.3 Å². The number of thiophene rings is 1. The predicted molar refractivity (Wildman–Crippen MR) is 99.6 cm³/mol. The maximum absolute atomic E-state index is 12.3. The predicted octanol–water partition coefficient (Wildman–Crippen LogP) is 2.18. The van der Waals surface area contributed by atoms with Crippen molar-refractivity contribution in [2.45, 2.75) is 19.4 Å². The van der Waals surface area contributed by atoms with Crippen LogP contribution in [0.25, 0.3) is 0 Å². The van der Waals surface area contributed by atoms with Gasteiger partial charge in [-0.25, -0.2) is 0 Å². The number of fused-ring (bicyclic) bond motifs is 1. The third-order valence-corrected chi connectivity index (χ3v) is 4.95. The Hall–Kier alpha value is -3.51. The number of rotatable bonds is 6. The zero-order valence-corrected chi connectivity index (χ0v) is 15.6. The van der Waals surface area contributed by atoms with Crippen molar-refractivity contribution < 1.29 is 23.9 Å². The molecule has 2 aromatic rings. The lowest BCUT2D eigenvalue weighted by atomic mass is 10.1. The number of imide groups is 1. The van der Waals surface area contributed by atoms with Gasteiger partial charge in [-0.2, -0.15) is 5.26 Å². The molecule has 2 heterocycles. The van der Waals surface area contributed by atoms with E-state index in [2.05, 4.69) is 5.32 Å². The normalized spacial score (nSPS) is 13.6. The average molecular weight is 397 g/mol. The number of carbonyl (C=O) groups excluding carboxylic acids is 4. The molecule has 3 rings (SSSR count). The van der Waals surface area contributed by atoms with Crippen LogP contribution in [0.1, 0.15) is 39.6 Å². The molecule has 0 fully saturated rings. The molecule has 142 valence electrons. The third-order valence-electron chi connectivity index (χ3n) is 4.12. The summed E-state index contributed by atoms with van der Waals surface area (Å²) >= 11 is 1.18. The van der Waals surface area contributed by atoms with Gasteiger partial charge in [0.1, 0.15) is 11.1 Å². The van der Waals surface area contributed by atoms with Gasteiger partial charge in [0.05, 0.1) is 23.1 Å². The highest BCUT2D eigenvalue weighted by atomic mass is 32.1. The topological polar surface area (TPSA) is 117 Å². The van der Waals surface area contributed by atoms with Crippen molar-refractivity contribution in [3.8, 4) is 6.07 Å². The summed E-state index contributed by atoms with van der Waals surface area (Å²) in [5, 5.41) is 13.5. The number of benzene rings is 1. The molecule has 1 aromatic carbocycles. The third kappa shape index (κ3) is 3.77. The first-order valence-corrected chi connectivity index (χ1v) is 9.23. The Morgan fingerprint density at radius 1 is 1.21 bits per heavy atom. The smallest absolute Gasteiger partial charge is 0.308 e. The van der Waals surface area contributed by atoms with Gasteiger partial charge in [-0.05, 0) is 30.5 Å². The van der Waals surface area contributed by atoms with E-state index in [1.807, 2.05) is 6.07 Å². The number of nitrogens with one attached hydrogen (secondary N) is 1. The van der Waals surface area contributed by atoms with Gasteiger partial charge in [0.15, 0.2) is 6.10 Å². The van der Waals surface area contributed by atoms with E-state index in [-0.39, 0.29) is 13.0 Å². The molecule has 0 saturated carbocycles. The lowest BCUT2D eigenvalue weighted by Gasteiger charge is -2.15. The second-order valence-corrected chi connectivity index (χ2v) is 6.87. The van der Waals surface area contributed by atoms with Crippen LogP contribution >= 0.6 is 11.3 Å². The molecule has 0 aliphatic carbocycles. The van der Waals surface area contributed by atoms with E-state index in [4.69, 9.17) is 10.00 Å². The van der Waals surface area contributed by atoms with Crippen molar-refractivity contribution in [2.75, 3.05) is 11.9 Å². The Kier molecular flexibility index (Phi) is 5.52. The Morgan fingerprint density at radius 2 is 1.86 bits per heavy atom. The van der Waals surface area contributed by atoms with Gasteiger partial charge in [0.25, 0.3) is 17.7 Å². The van der Waals surface area contributed by atoms with Crippen LogP contribution in [0.4, 0.5) is 5.00 Å². The number of hydrogen-bond donors (Lipinski definition) is 1. The van der Waals surface area contributed by atoms with Crippen molar-refractivity contribution in [1.82, 2.24) is 4.90 Å². The van der Waals surface area contributed by atoms with Gasteiger partial charge >= 0.3 is 5.97 Å². The fourth-order valence-electron chi connectivity index (χ4n) is 2.66. The second kappa shape index (κ2) is 8.02. The first kappa shape index (κ1) is 19.3. The van der Waals surface area contributed by atoms with Crippen molar-refractivity contribution in [3.05, 3.63) is 52.4 Å². The fraction of sp³-hybridized carbons (Fsp3) is 0.211. The highest BCUT2D eigenvalue weighted by Crippen LogP contribution is 2.23. The summed E-state index contributed by atoms with van der Waals surface area (Å²) in [6.45, 7) is 1.26. The SMILES string of the molecule is C[C@H](OC(=O)CCN1C(=O)c2ccccc2C1=O)C(=O)Nc1sccc1C#N. The Labute approximate surface area is 164 Å². The molecule has 0 unspecified atom stereocenters. The van der Waals surface area contributed by atoms with E-state index in [1.54, 1.807) is 35.7 Å². The number of nitriles is 1. The van der Waals surface area contributed by atoms with Crippen molar-refractivity contribution >= 4 is 40.0 Å². The maximum atomic E-state index is 12.3. The van der Waals surface area contributed by atoms with Crippen LogP contribution in [0.2, 0.25) is 0 Å². The molecule has 3 amide bonds. The lowest BCUT2D eigenvalue weighted by molar-refractivity contribution is -0.153. The highest BCUT2D eigenvalue weighted by molar-refractivity contribution is 7.14. The number of amides is 3. The van der Waals surface area contributed by atoms with Crippen LogP contribution < -0.4 is 5.32 Å². The number of nitrogens with zero attached hydrogens (tertiary/aromatic N) is 2. The summed E-state index contributed by atoms with van der Waals surface area (Å²) in [6, 6.07) is 9.95. The van der Waals surface area contributed by atoms with E-state index < -0.39 is 29.8 Å². The number of hydrogen-bond acceptors (Lipinski definition) is 7. The Morgan fingerprint density at radius 3 is 2.46 bits per heavy atom. The van der Waals surface area contributed by atoms with Crippen LogP contribution in [0.5, 0.6) is 0 Å². The fourth-order valence-corrected chi connectivity index (χ4v) is 3.40. The summed E-state index contributed by atoms with van der Waals surface area (Å²) in [5.41, 5.74) is 0.929. The van der Waals surface area contributed by atoms with E-state index in [0.29, 0.717) is 21.7 Å². The molecule has 0 bridgehead atoms. The molecule has 0 spiro atoms. The molecule has 0 saturated heterocycles. The number of anilines is 1. The Bertz CT molecular complexity index is 972. The zero-order chi connectivity index (χ0) is 20.3. The van der Waals surface area contributed by atoms with Crippen molar-refractivity contribution in [1.29, 1.82) is 5.26 Å². The van der Waals surface area contributed by atoms with E-state index in [9.17, 15) is 19.2 Å². The van der Waals surface area contributed by atoms with Crippen LogP contribution in [-0.2, 0) is 14.3 Å². The number of esters is 1. The molecule has 1 N–H and O–H groups in total. The minimum Gasteiger partial charge on any atom is -0.452 e. The zero-order valence-electron chi connectivity index (χ0n) is 14.8. The maximum Gasteiger partial charge on any atom is 0.308 e. The quantitative estimate of drug-likeness (QED) is 0.590. The number of carbonyl (C=O) groups is 4. The minimum atomic E-state index is -1.09. The molecule has 1 aliphatic heterocycles. The Balaban J connectivity index is 1.52. The monoisotopic (exact) mass is 397 g/mol. The number of ether oxygens (including phenoxy) is 1. The van der Waals surface area contributed by atoms with Gasteiger partial charge < -0.3 is 10.1 Å². The molecule has 1 aromatic heterocycles. The highest BCUT2D eigenvalue weighted by Gasteiger charge is 2.35. The van der Waals surface area contributed by atoms with Gasteiger partial charge in [-0.15, -0.1) is 11.3 Å². The van der Waals surface area contributed by atoms with Gasteiger partial charge in [-0.3, -0.25) is 24.1 Å². The van der Waals surface area contributed by atoms with Gasteiger partial charge in [-0.1, -0.05) is 12.1 Å². The lowest BCUT2D eigenvalue weighted by Crippen LogP contribution is -2.34. The van der Waals surface area contributed by atoms with E-state index >= 15 is 0 Å². The molecule has 1 aliphatic rings. The average Bonchev–Trinajstić information content (AvgIpc) is 3.23. The second-order valence-electron chi connectivity index (χ2n) is 5.95. The molecule has 9 heteroatoms. The summed E-state index contributed by atoms with van der Waals surface area (Å²) in [7, 11) is 0. The summed E-state index contributed by atoms with van der Waals surface area (Å²) < 4.78 is 5.06. The molecular weight excluding hydrogens is 382 g/mol. The molecular formula is C19H15N3O5S. The molecule has 8 nitrogen and oxygen atoms in total. The van der Waals surface area contributed by atoms with Crippen LogP contribution in [0.3, 0.4) is 0 Å². The van der Waals surface area contributed by atoms with Crippen LogP contribution in [-0.4, -0.2) is 41.2 Å². The first-order chi connectivity index (χ1) is 13.4. The minimum absolute atomic E-state index is 0.136. The molecule has 28 heavy (non-hydrogen) atoms. The van der Waals surface area contributed by atoms with E-state index in [1.165, 1.54) is 18.3 Å². The molecule has 1 atom stereocenters. The summed E-state index contributed by atoms with van der Waals surface area (Å²) in [6.07, 6.45) is -1.32. The van der Waals surface area contributed by atoms with Crippen molar-refractivity contribution in [3.63, 3.8) is 0 Å². The standard InChI is InChI=1S/C19H15N3O5S/c1-11(16(24)21-17-12(10-20)7-9-28-17)27-15(23)6-8-22-18(25)13-4-2-3-5-14(13)19(22)26/h2-5,7,9,11H,6,8H2,1H3,(H,21,24)/t11-/m0/s1. The first-order valence-electron chi connectivity index (χ1n) is 8.35. The van der Waals surface area contributed by atoms with E-state index in [0.717, 1.165) is 4.90 Å². The van der Waals surface area contributed by atoms with Crippen LogP contribution in [0.15, 0.2) is 35.7 Å². The largest absolute Gasteiger partial charge is 0.452 e. The van der Waals surface area contributed by atoms with Gasteiger partial charge in [0.2, 0.25) is 0 Å². The van der Waals surface area contributed by atoms with Crippen molar-refractivity contribution in [2.24, 2.45) is 0 Å². The summed E-state index contributed by atoms with van der Waals surface area (Å²) in [4.78, 5) is 49.6. The van der Waals surface area contributed by atoms with Gasteiger partial charge in [0, 0.05) is 6.54 Å².